The van der Waals surface area contributed by atoms with E-state index < -0.39 is 12.0 Å². The molecule has 2 rings (SSSR count). The van der Waals surface area contributed by atoms with Gasteiger partial charge in [0.15, 0.2) is 11.5 Å². The Balaban J connectivity index is 2.14. The van der Waals surface area contributed by atoms with Crippen LogP contribution in [0.1, 0.15) is 25.0 Å². The van der Waals surface area contributed by atoms with Crippen molar-refractivity contribution < 1.29 is 23.8 Å². The van der Waals surface area contributed by atoms with E-state index in [0.717, 1.165) is 5.56 Å². The molecule has 0 aliphatic carbocycles. The number of aliphatic carboxylic acids is 1. The molecular formula is C20H23ClFNO4. The maximum atomic E-state index is 13.7. The van der Waals surface area contributed by atoms with Gasteiger partial charge in [0.2, 0.25) is 0 Å². The molecule has 0 heterocycles. The molecule has 2 N–H and O–H groups in total. The van der Waals surface area contributed by atoms with Crippen LogP contribution in [0.4, 0.5) is 4.39 Å². The Bertz CT molecular complexity index is 798. The van der Waals surface area contributed by atoms with Crippen molar-refractivity contribution in [3.8, 4) is 11.5 Å². The van der Waals surface area contributed by atoms with Crippen molar-refractivity contribution in [1.82, 2.24) is 5.32 Å². The van der Waals surface area contributed by atoms with Gasteiger partial charge in [-0.25, -0.2) is 4.39 Å². The standard InChI is InChI=1S/C20H23ClFNO4/c1-12(2)18(20(24)25)23-10-13-8-15(21)19(17(9-13)26-3)27-11-14-6-4-5-7-16(14)22/h4-9,12,18,23H,10-11H2,1-3H3,(H,24,25). The summed E-state index contributed by atoms with van der Waals surface area (Å²) in [5.74, 6) is -0.630. The van der Waals surface area contributed by atoms with Crippen molar-refractivity contribution in [2.75, 3.05) is 7.11 Å². The molecule has 0 radical (unpaired) electrons. The topological polar surface area (TPSA) is 67.8 Å². The van der Waals surface area contributed by atoms with Crippen LogP contribution in [0, 0.1) is 11.7 Å². The Morgan fingerprint density at radius 2 is 2.00 bits per heavy atom. The number of methoxy groups -OCH3 is 1. The van der Waals surface area contributed by atoms with Crippen LogP contribution in [-0.4, -0.2) is 24.2 Å². The number of ether oxygens (including phenoxy) is 2. The number of nitrogens with one attached hydrogen (secondary N) is 1. The zero-order valence-electron chi connectivity index (χ0n) is 15.5. The van der Waals surface area contributed by atoms with Crippen molar-refractivity contribution in [3.63, 3.8) is 0 Å². The first-order valence-corrected chi connectivity index (χ1v) is 8.90. The minimum absolute atomic E-state index is 0.00872. The van der Waals surface area contributed by atoms with E-state index in [1.54, 1.807) is 30.3 Å². The fraction of sp³-hybridized carbons (Fsp3) is 0.350. The normalized spacial score (nSPS) is 12.1. The fourth-order valence-electron chi connectivity index (χ4n) is 2.62. The predicted molar refractivity (Wildman–Crippen MR) is 102 cm³/mol. The molecule has 0 aliphatic heterocycles. The summed E-state index contributed by atoms with van der Waals surface area (Å²) in [7, 11) is 1.48. The van der Waals surface area contributed by atoms with Crippen molar-refractivity contribution in [2.24, 2.45) is 5.92 Å². The number of carboxylic acid groups (broad SMARTS) is 1. The van der Waals surface area contributed by atoms with E-state index in [-0.39, 0.29) is 18.3 Å². The summed E-state index contributed by atoms with van der Waals surface area (Å²) in [4.78, 5) is 11.3. The van der Waals surface area contributed by atoms with Crippen LogP contribution in [0.25, 0.3) is 0 Å². The highest BCUT2D eigenvalue weighted by Gasteiger charge is 2.21. The summed E-state index contributed by atoms with van der Waals surface area (Å²) in [6.45, 7) is 3.98. The van der Waals surface area contributed by atoms with E-state index in [9.17, 15) is 14.3 Å². The molecule has 146 valence electrons. The Labute approximate surface area is 163 Å². The molecule has 0 saturated carbocycles. The molecule has 0 amide bonds. The number of benzene rings is 2. The summed E-state index contributed by atoms with van der Waals surface area (Å²) in [5.41, 5.74) is 1.16. The summed E-state index contributed by atoms with van der Waals surface area (Å²) in [5, 5.41) is 12.6. The Morgan fingerprint density at radius 1 is 1.30 bits per heavy atom. The van der Waals surface area contributed by atoms with Crippen molar-refractivity contribution in [3.05, 3.63) is 58.4 Å². The van der Waals surface area contributed by atoms with Gasteiger partial charge in [-0.3, -0.25) is 4.79 Å². The summed E-state index contributed by atoms with van der Waals surface area (Å²) < 4.78 is 24.8. The summed E-state index contributed by atoms with van der Waals surface area (Å²) in [6, 6.07) is 9.04. The van der Waals surface area contributed by atoms with Crippen molar-refractivity contribution in [2.45, 2.75) is 33.0 Å². The summed E-state index contributed by atoms with van der Waals surface area (Å²) >= 11 is 6.32. The molecule has 0 saturated heterocycles. The number of rotatable bonds is 9. The first-order chi connectivity index (χ1) is 12.8. The molecule has 0 bridgehead atoms. The van der Waals surface area contributed by atoms with Gasteiger partial charge in [0.1, 0.15) is 18.5 Å². The third-order valence-electron chi connectivity index (χ3n) is 4.08. The maximum absolute atomic E-state index is 13.7. The SMILES string of the molecule is COc1cc(CNC(C(=O)O)C(C)C)cc(Cl)c1OCc1ccccc1F. The molecule has 27 heavy (non-hydrogen) atoms. The second-order valence-corrected chi connectivity index (χ2v) is 6.84. The molecule has 5 nitrogen and oxygen atoms in total. The molecule has 1 atom stereocenters. The van der Waals surface area contributed by atoms with Gasteiger partial charge in [-0.15, -0.1) is 0 Å². The first kappa shape index (κ1) is 21.0. The lowest BCUT2D eigenvalue weighted by Gasteiger charge is -2.19. The Morgan fingerprint density at radius 3 is 2.59 bits per heavy atom. The zero-order chi connectivity index (χ0) is 20.0. The minimum Gasteiger partial charge on any atom is -0.493 e. The fourth-order valence-corrected chi connectivity index (χ4v) is 2.90. The molecule has 0 spiro atoms. The largest absolute Gasteiger partial charge is 0.493 e. The Hall–Kier alpha value is -2.31. The van der Waals surface area contributed by atoms with Crippen LogP contribution in [0.15, 0.2) is 36.4 Å². The third-order valence-corrected chi connectivity index (χ3v) is 4.36. The first-order valence-electron chi connectivity index (χ1n) is 8.52. The van der Waals surface area contributed by atoms with Gasteiger partial charge in [0.25, 0.3) is 0 Å². The van der Waals surface area contributed by atoms with Gasteiger partial charge >= 0.3 is 5.97 Å². The van der Waals surface area contributed by atoms with Crippen LogP contribution >= 0.6 is 11.6 Å². The third kappa shape index (κ3) is 5.58. The molecule has 0 aromatic heterocycles. The van der Waals surface area contributed by atoms with E-state index in [2.05, 4.69) is 5.32 Å². The van der Waals surface area contributed by atoms with Crippen LogP contribution in [-0.2, 0) is 17.9 Å². The smallest absolute Gasteiger partial charge is 0.320 e. The molecule has 1 unspecified atom stereocenters. The number of halogens is 2. The van der Waals surface area contributed by atoms with E-state index in [4.69, 9.17) is 21.1 Å². The number of hydrogen-bond acceptors (Lipinski definition) is 4. The van der Waals surface area contributed by atoms with Gasteiger partial charge in [0.05, 0.1) is 12.1 Å². The van der Waals surface area contributed by atoms with Gasteiger partial charge in [0, 0.05) is 12.1 Å². The van der Waals surface area contributed by atoms with Gasteiger partial charge in [-0.05, 0) is 29.7 Å². The van der Waals surface area contributed by atoms with Crippen LogP contribution in [0.5, 0.6) is 11.5 Å². The van der Waals surface area contributed by atoms with Crippen LogP contribution < -0.4 is 14.8 Å². The highest BCUT2D eigenvalue weighted by atomic mass is 35.5. The molecule has 0 fully saturated rings. The van der Waals surface area contributed by atoms with E-state index in [1.165, 1.54) is 13.2 Å². The van der Waals surface area contributed by atoms with Crippen molar-refractivity contribution >= 4 is 17.6 Å². The van der Waals surface area contributed by atoms with Crippen LogP contribution in [0.3, 0.4) is 0 Å². The molecule has 0 aliphatic rings. The molecule has 7 heteroatoms. The average Bonchev–Trinajstić information content (AvgIpc) is 2.61. The van der Waals surface area contributed by atoms with Gasteiger partial charge in [-0.2, -0.15) is 0 Å². The minimum atomic E-state index is -0.909. The maximum Gasteiger partial charge on any atom is 0.320 e. The Kier molecular flexibility index (Phi) is 7.45. The molecule has 2 aromatic rings. The quantitative estimate of drug-likeness (QED) is 0.663. The highest BCUT2D eigenvalue weighted by Crippen LogP contribution is 2.37. The lowest BCUT2D eigenvalue weighted by Crippen LogP contribution is -2.40. The number of hydrogen-bond donors (Lipinski definition) is 2. The lowest BCUT2D eigenvalue weighted by molar-refractivity contribution is -0.140. The number of carboxylic acids is 1. The van der Waals surface area contributed by atoms with Crippen LogP contribution in [0.2, 0.25) is 5.02 Å². The number of carbonyl (C=O) groups is 1. The average molecular weight is 396 g/mol. The van der Waals surface area contributed by atoms with Gasteiger partial charge < -0.3 is 19.9 Å². The lowest BCUT2D eigenvalue weighted by atomic mass is 10.0. The van der Waals surface area contributed by atoms with E-state index in [0.29, 0.717) is 28.6 Å². The predicted octanol–water partition coefficient (Wildman–Crippen LogP) is 4.27. The second-order valence-electron chi connectivity index (χ2n) is 6.43. The highest BCUT2D eigenvalue weighted by molar-refractivity contribution is 6.32. The van der Waals surface area contributed by atoms with E-state index >= 15 is 0 Å². The molecular weight excluding hydrogens is 373 g/mol. The van der Waals surface area contributed by atoms with Gasteiger partial charge in [-0.1, -0.05) is 43.6 Å². The second kappa shape index (κ2) is 9.58. The van der Waals surface area contributed by atoms with Crippen molar-refractivity contribution in [1.29, 1.82) is 0 Å². The molecule has 2 aromatic carbocycles. The zero-order valence-corrected chi connectivity index (χ0v) is 16.2. The van der Waals surface area contributed by atoms with E-state index in [1.807, 2.05) is 13.8 Å². The monoisotopic (exact) mass is 395 g/mol. The summed E-state index contributed by atoms with van der Waals surface area (Å²) in [6.07, 6.45) is 0.